The molecule has 2 heterocycles. The van der Waals surface area contributed by atoms with E-state index in [0.29, 0.717) is 27.2 Å². The molecule has 1 fully saturated rings. The van der Waals surface area contributed by atoms with E-state index in [1.54, 1.807) is 18.2 Å². The Bertz CT molecular complexity index is 664. The molecule has 22 heavy (non-hydrogen) atoms. The maximum Gasteiger partial charge on any atom is 0.256 e. The van der Waals surface area contributed by atoms with E-state index in [9.17, 15) is 4.79 Å². The zero-order valence-electron chi connectivity index (χ0n) is 11.7. The summed E-state index contributed by atoms with van der Waals surface area (Å²) in [5, 5.41) is 4.05. The number of halogens is 2. The van der Waals surface area contributed by atoms with E-state index in [1.165, 1.54) is 12.4 Å². The Labute approximate surface area is 138 Å². The lowest BCUT2D eigenvalue weighted by atomic mass is 10.3. The predicted octanol–water partition coefficient (Wildman–Crippen LogP) is 3.76. The van der Waals surface area contributed by atoms with Gasteiger partial charge in [0.1, 0.15) is 0 Å². The third kappa shape index (κ3) is 3.48. The van der Waals surface area contributed by atoms with Crippen LogP contribution in [-0.2, 0) is 0 Å². The molecule has 2 aromatic rings. The van der Waals surface area contributed by atoms with Crippen LogP contribution < -0.4 is 5.32 Å². The molecule has 1 aliphatic heterocycles. The van der Waals surface area contributed by atoms with Crippen molar-refractivity contribution in [2.24, 2.45) is 0 Å². The van der Waals surface area contributed by atoms with Gasteiger partial charge >= 0.3 is 0 Å². The summed E-state index contributed by atoms with van der Waals surface area (Å²) in [5.74, 6) is 0.367. The minimum absolute atomic E-state index is 0.0187. The number of amides is 1. The lowest BCUT2D eigenvalue weighted by Gasteiger charge is -2.14. The summed E-state index contributed by atoms with van der Waals surface area (Å²) < 4.78 is 0. The van der Waals surface area contributed by atoms with Crippen molar-refractivity contribution in [3.05, 3.63) is 46.2 Å². The highest BCUT2D eigenvalue weighted by molar-refractivity contribution is 6.35. The van der Waals surface area contributed by atoms with E-state index < -0.39 is 0 Å². The van der Waals surface area contributed by atoms with Crippen LogP contribution in [0.2, 0.25) is 10.0 Å². The maximum absolute atomic E-state index is 12.2. The van der Waals surface area contributed by atoms with Gasteiger partial charge in [0.25, 0.3) is 5.91 Å². The van der Waals surface area contributed by atoms with Crippen LogP contribution >= 0.6 is 23.2 Å². The first-order valence-electron chi connectivity index (χ1n) is 6.96. The fraction of sp³-hybridized carbons (Fsp3) is 0.267. The second-order valence-electron chi connectivity index (χ2n) is 5.08. The van der Waals surface area contributed by atoms with Gasteiger partial charge in [-0.15, -0.1) is 0 Å². The molecule has 0 atom stereocenters. The Kier molecular flexibility index (Phi) is 4.45. The van der Waals surface area contributed by atoms with Gasteiger partial charge in [-0.25, -0.2) is 9.97 Å². The first-order valence-corrected chi connectivity index (χ1v) is 7.72. The quantitative estimate of drug-likeness (QED) is 0.926. The van der Waals surface area contributed by atoms with E-state index >= 15 is 0 Å². The standard InChI is InChI=1S/C15H14Cl2N4O/c16-11-5-12(17)7-13(6-11)20-15-18-8-10(9-19-15)14(22)21-3-1-2-4-21/h5-9H,1-4H2,(H,18,19,20). The molecule has 1 saturated heterocycles. The van der Waals surface area contributed by atoms with Crippen LogP contribution in [-0.4, -0.2) is 33.9 Å². The van der Waals surface area contributed by atoms with Crippen LogP contribution in [0, 0.1) is 0 Å². The second kappa shape index (κ2) is 6.50. The summed E-state index contributed by atoms with van der Waals surface area (Å²) in [6.07, 6.45) is 5.17. The molecular weight excluding hydrogens is 323 g/mol. The number of rotatable bonds is 3. The van der Waals surface area contributed by atoms with Gasteiger partial charge in [-0.3, -0.25) is 4.79 Å². The highest BCUT2D eigenvalue weighted by Crippen LogP contribution is 2.24. The molecule has 0 bridgehead atoms. The second-order valence-corrected chi connectivity index (χ2v) is 5.95. The van der Waals surface area contributed by atoms with E-state index in [2.05, 4.69) is 15.3 Å². The van der Waals surface area contributed by atoms with Crippen LogP contribution in [0.5, 0.6) is 0 Å². The predicted molar refractivity (Wildman–Crippen MR) is 86.9 cm³/mol. The Morgan fingerprint density at radius 3 is 2.23 bits per heavy atom. The molecule has 0 spiro atoms. The Morgan fingerprint density at radius 2 is 1.64 bits per heavy atom. The van der Waals surface area contributed by atoms with Crippen LogP contribution in [0.3, 0.4) is 0 Å². The maximum atomic E-state index is 12.2. The van der Waals surface area contributed by atoms with Crippen molar-refractivity contribution in [2.45, 2.75) is 12.8 Å². The molecule has 1 aromatic carbocycles. The van der Waals surface area contributed by atoms with Gasteiger partial charge in [0.05, 0.1) is 5.56 Å². The number of nitrogens with zero attached hydrogens (tertiary/aromatic N) is 3. The molecule has 1 aromatic heterocycles. The minimum Gasteiger partial charge on any atom is -0.339 e. The average Bonchev–Trinajstić information content (AvgIpc) is 3.00. The molecule has 5 nitrogen and oxygen atoms in total. The summed E-state index contributed by atoms with van der Waals surface area (Å²) in [6.45, 7) is 1.61. The van der Waals surface area contributed by atoms with E-state index in [1.807, 2.05) is 4.90 Å². The van der Waals surface area contributed by atoms with E-state index in [0.717, 1.165) is 25.9 Å². The zero-order valence-corrected chi connectivity index (χ0v) is 13.2. The van der Waals surface area contributed by atoms with Crippen LogP contribution in [0.15, 0.2) is 30.6 Å². The van der Waals surface area contributed by atoms with Crippen molar-refractivity contribution in [1.82, 2.24) is 14.9 Å². The third-order valence-electron chi connectivity index (χ3n) is 3.41. The van der Waals surface area contributed by atoms with Gasteiger partial charge in [-0.05, 0) is 31.0 Å². The van der Waals surface area contributed by atoms with Crippen LogP contribution in [0.1, 0.15) is 23.2 Å². The average molecular weight is 337 g/mol. The van der Waals surface area contributed by atoms with Crippen LogP contribution in [0.4, 0.5) is 11.6 Å². The number of aromatic nitrogens is 2. The molecule has 0 aliphatic carbocycles. The third-order valence-corrected chi connectivity index (χ3v) is 3.85. The lowest BCUT2D eigenvalue weighted by Crippen LogP contribution is -2.27. The van der Waals surface area contributed by atoms with Gasteiger partial charge < -0.3 is 10.2 Å². The highest BCUT2D eigenvalue weighted by atomic mass is 35.5. The number of carbonyl (C=O) groups is 1. The number of hydrogen-bond donors (Lipinski definition) is 1. The fourth-order valence-electron chi connectivity index (χ4n) is 2.36. The smallest absolute Gasteiger partial charge is 0.256 e. The SMILES string of the molecule is O=C(c1cnc(Nc2cc(Cl)cc(Cl)c2)nc1)N1CCCC1. The molecule has 0 saturated carbocycles. The van der Waals surface area contributed by atoms with Crippen molar-refractivity contribution < 1.29 is 4.79 Å². The molecule has 1 amide bonds. The van der Waals surface area contributed by atoms with Gasteiger partial charge in [-0.2, -0.15) is 0 Å². The molecule has 3 rings (SSSR count). The number of nitrogens with one attached hydrogen (secondary N) is 1. The van der Waals surface area contributed by atoms with E-state index in [-0.39, 0.29) is 5.91 Å². The summed E-state index contributed by atoms with van der Waals surface area (Å²) in [5.41, 5.74) is 1.19. The van der Waals surface area contributed by atoms with Gasteiger partial charge in [0.15, 0.2) is 0 Å². The fourth-order valence-corrected chi connectivity index (χ4v) is 2.89. The largest absolute Gasteiger partial charge is 0.339 e. The molecule has 1 aliphatic rings. The summed E-state index contributed by atoms with van der Waals surface area (Å²) >= 11 is 11.9. The van der Waals surface area contributed by atoms with Gasteiger partial charge in [-0.1, -0.05) is 23.2 Å². The molecule has 114 valence electrons. The number of likely N-dealkylation sites (tertiary alicyclic amines) is 1. The molecule has 0 radical (unpaired) electrons. The normalized spacial score (nSPS) is 14.2. The molecular formula is C15H14Cl2N4O. The van der Waals surface area contributed by atoms with Gasteiger partial charge in [0.2, 0.25) is 5.95 Å². The Balaban J connectivity index is 1.72. The van der Waals surface area contributed by atoms with Crippen molar-refractivity contribution in [2.75, 3.05) is 18.4 Å². The first-order chi connectivity index (χ1) is 10.6. The van der Waals surface area contributed by atoms with Crippen molar-refractivity contribution >= 4 is 40.7 Å². The van der Waals surface area contributed by atoms with Gasteiger partial charge in [0, 0.05) is 41.2 Å². The highest BCUT2D eigenvalue weighted by Gasteiger charge is 2.19. The minimum atomic E-state index is -0.0187. The Hall–Kier alpha value is -1.85. The first kappa shape index (κ1) is 15.1. The van der Waals surface area contributed by atoms with Crippen molar-refractivity contribution in [3.8, 4) is 0 Å². The summed E-state index contributed by atoms with van der Waals surface area (Å²) in [6, 6.07) is 5.09. The number of carbonyl (C=O) groups excluding carboxylic acids is 1. The number of anilines is 2. The van der Waals surface area contributed by atoms with Crippen molar-refractivity contribution in [3.63, 3.8) is 0 Å². The zero-order chi connectivity index (χ0) is 15.5. The number of hydrogen-bond acceptors (Lipinski definition) is 4. The summed E-state index contributed by atoms with van der Waals surface area (Å²) in [7, 11) is 0. The van der Waals surface area contributed by atoms with Crippen LogP contribution in [0.25, 0.3) is 0 Å². The number of benzene rings is 1. The molecule has 0 unspecified atom stereocenters. The van der Waals surface area contributed by atoms with Crippen molar-refractivity contribution in [1.29, 1.82) is 0 Å². The Morgan fingerprint density at radius 1 is 1.05 bits per heavy atom. The molecule has 1 N–H and O–H groups in total. The monoisotopic (exact) mass is 336 g/mol. The van der Waals surface area contributed by atoms with E-state index in [4.69, 9.17) is 23.2 Å². The topological polar surface area (TPSA) is 58.1 Å². The summed E-state index contributed by atoms with van der Waals surface area (Å²) in [4.78, 5) is 22.4. The molecule has 7 heteroatoms. The lowest BCUT2D eigenvalue weighted by molar-refractivity contribution is 0.0792.